The maximum Gasteiger partial charge on any atom is 1.00 e. The second kappa shape index (κ2) is 16.9. The summed E-state index contributed by atoms with van der Waals surface area (Å²) in [6.07, 6.45) is 11.2. The van der Waals surface area contributed by atoms with Gasteiger partial charge in [0.2, 0.25) is 0 Å². The molecule has 0 aliphatic rings. The molecule has 0 aliphatic carbocycles. The van der Waals surface area contributed by atoms with Gasteiger partial charge in [0.05, 0.1) is 11.1 Å². The summed E-state index contributed by atoms with van der Waals surface area (Å²) in [5.74, 6) is -2.45. The van der Waals surface area contributed by atoms with Gasteiger partial charge >= 0.3 is 71.1 Å². The van der Waals surface area contributed by atoms with E-state index in [2.05, 4.69) is 19.2 Å². The Labute approximate surface area is 210 Å². The number of anilines is 1. The van der Waals surface area contributed by atoms with Crippen LogP contribution in [0.4, 0.5) is 5.69 Å². The Balaban J connectivity index is -0.000000781. The number of carbonyl (C=O) groups is 2. The largest absolute Gasteiger partial charge is 1.00 e. The van der Waals surface area contributed by atoms with Crippen molar-refractivity contribution in [1.82, 2.24) is 0 Å². The van der Waals surface area contributed by atoms with Crippen LogP contribution in [0, 0.1) is 0 Å². The maximum atomic E-state index is 11.2. The molecule has 0 saturated carbocycles. The van der Waals surface area contributed by atoms with E-state index in [1.54, 1.807) is 6.07 Å². The van der Waals surface area contributed by atoms with Gasteiger partial charge in [0.15, 0.2) is 0 Å². The zero-order valence-electron chi connectivity index (χ0n) is 19.4. The van der Waals surface area contributed by atoms with Crippen molar-refractivity contribution in [3.63, 3.8) is 0 Å². The van der Waals surface area contributed by atoms with Gasteiger partial charge in [-0.25, -0.2) is 9.59 Å². The van der Waals surface area contributed by atoms with Gasteiger partial charge in [0.1, 0.15) is 0 Å². The average molecular weight is 397 g/mol. The van der Waals surface area contributed by atoms with Gasteiger partial charge in [-0.3, -0.25) is 0 Å². The van der Waals surface area contributed by atoms with Crippen LogP contribution in [-0.4, -0.2) is 28.2 Å². The van der Waals surface area contributed by atoms with Crippen LogP contribution in [0.25, 0.3) is 0 Å². The molecule has 1 rings (SSSR count). The molecule has 0 saturated heterocycles. The summed E-state index contributed by atoms with van der Waals surface area (Å²) in [6.45, 7) is 4.29. The summed E-state index contributed by atoms with van der Waals surface area (Å²) in [6, 6.07) is 4.59. The molecule has 0 radical (unpaired) electrons. The molecule has 7 heteroatoms. The van der Waals surface area contributed by atoms with Crippen LogP contribution in [-0.2, 0) is 0 Å². The molecule has 1 aromatic carbocycles. The van der Waals surface area contributed by atoms with Gasteiger partial charge in [0.25, 0.3) is 0 Å². The van der Waals surface area contributed by atoms with Crippen molar-refractivity contribution < 1.29 is 81.8 Å². The molecule has 0 aliphatic heterocycles. The third kappa shape index (κ3) is 12.2. The Hall–Kier alpha value is -0.0400. The third-order valence-corrected chi connectivity index (χ3v) is 4.38. The first-order valence-corrected chi connectivity index (χ1v) is 9.32. The second-order valence-corrected chi connectivity index (χ2v) is 6.68. The predicted octanol–water partition coefficient (Wildman–Crippen LogP) is -0.353. The van der Waals surface area contributed by atoms with Crippen molar-refractivity contribution in [3.05, 3.63) is 29.3 Å². The summed E-state index contributed by atoms with van der Waals surface area (Å²) < 4.78 is 0. The minimum absolute atomic E-state index is 0. The summed E-state index contributed by atoms with van der Waals surface area (Å²) in [5.41, 5.74) is 0.278. The molecule has 0 spiro atoms. The quantitative estimate of drug-likeness (QED) is 0.313. The van der Waals surface area contributed by atoms with E-state index in [9.17, 15) is 9.59 Å². The fraction of sp³-hybridized carbons (Fsp3) is 0.600. The predicted molar refractivity (Wildman–Crippen MR) is 103 cm³/mol. The van der Waals surface area contributed by atoms with Gasteiger partial charge in [-0.15, -0.1) is 0 Å². The Morgan fingerprint density at radius 2 is 1.44 bits per heavy atom. The SMILES string of the molecule is CCCCCCCCCCC(C)Nc1ccc(C(=O)O)c(C(=O)O)c1.[H-].[H-].[Na+].[Na+]. The van der Waals surface area contributed by atoms with E-state index in [0.717, 1.165) is 12.8 Å². The molecular formula is C20H33NNa2O4. The number of rotatable bonds is 13. The number of carboxylic acid groups (broad SMARTS) is 2. The number of benzene rings is 1. The Kier molecular flexibility index (Phi) is 18.2. The molecule has 1 atom stereocenters. The van der Waals surface area contributed by atoms with E-state index in [4.69, 9.17) is 10.2 Å². The number of hydrogen-bond acceptors (Lipinski definition) is 3. The minimum atomic E-state index is -1.23. The van der Waals surface area contributed by atoms with Crippen molar-refractivity contribution >= 4 is 17.6 Å². The van der Waals surface area contributed by atoms with Crippen molar-refractivity contribution in [2.24, 2.45) is 0 Å². The summed E-state index contributed by atoms with van der Waals surface area (Å²) in [4.78, 5) is 22.3. The van der Waals surface area contributed by atoms with E-state index in [-0.39, 0.29) is 79.1 Å². The van der Waals surface area contributed by atoms with Crippen molar-refractivity contribution in [2.75, 3.05) is 5.32 Å². The topological polar surface area (TPSA) is 86.6 Å². The number of nitrogens with one attached hydrogen (secondary N) is 1. The zero-order valence-corrected chi connectivity index (χ0v) is 21.4. The first-order chi connectivity index (χ1) is 12.0. The van der Waals surface area contributed by atoms with Crippen LogP contribution in [0.3, 0.4) is 0 Å². The van der Waals surface area contributed by atoms with Crippen LogP contribution in [0.2, 0.25) is 0 Å². The monoisotopic (exact) mass is 397 g/mol. The van der Waals surface area contributed by atoms with E-state index in [1.165, 1.54) is 57.1 Å². The molecule has 144 valence electrons. The summed E-state index contributed by atoms with van der Waals surface area (Å²) in [5, 5.41) is 21.5. The van der Waals surface area contributed by atoms with Gasteiger partial charge in [-0.05, 0) is 31.5 Å². The van der Waals surface area contributed by atoms with E-state index >= 15 is 0 Å². The number of hydrogen-bond donors (Lipinski definition) is 3. The van der Waals surface area contributed by atoms with Crippen LogP contribution in [0.15, 0.2) is 18.2 Å². The molecule has 5 nitrogen and oxygen atoms in total. The van der Waals surface area contributed by atoms with Crippen molar-refractivity contribution in [3.8, 4) is 0 Å². The molecule has 0 aromatic heterocycles. The number of unbranched alkanes of at least 4 members (excludes halogenated alkanes) is 7. The van der Waals surface area contributed by atoms with Crippen molar-refractivity contribution in [2.45, 2.75) is 77.7 Å². The van der Waals surface area contributed by atoms with Crippen molar-refractivity contribution in [1.29, 1.82) is 0 Å². The number of aromatic carboxylic acids is 2. The molecule has 0 amide bonds. The standard InChI is InChI=1S/C20H31NO4.2Na.2H/c1-3-4-5-6-7-8-9-10-11-15(2)21-16-12-13-17(19(22)23)18(14-16)20(24)25;;;;/h12-15,21H,3-11H2,1-2H3,(H,22,23)(H,24,25);;;;/q;2*+1;2*-1. The normalized spacial score (nSPS) is 11.0. The minimum Gasteiger partial charge on any atom is -1.00 e. The molecule has 0 bridgehead atoms. The molecule has 3 N–H and O–H groups in total. The molecule has 1 unspecified atom stereocenters. The first kappa shape index (κ1) is 29.2. The molecule has 27 heavy (non-hydrogen) atoms. The fourth-order valence-electron chi connectivity index (χ4n) is 2.94. The van der Waals surface area contributed by atoms with Gasteiger partial charge in [-0.2, -0.15) is 0 Å². The third-order valence-electron chi connectivity index (χ3n) is 4.38. The van der Waals surface area contributed by atoms with E-state index < -0.39 is 11.9 Å². The second-order valence-electron chi connectivity index (χ2n) is 6.68. The Morgan fingerprint density at radius 1 is 0.926 bits per heavy atom. The number of carboxylic acids is 2. The first-order valence-electron chi connectivity index (χ1n) is 9.32. The smallest absolute Gasteiger partial charge is 1.00 e. The van der Waals surface area contributed by atoms with E-state index in [0.29, 0.717) is 5.69 Å². The Bertz CT molecular complexity index is 577. The zero-order chi connectivity index (χ0) is 18.7. The molecule has 1 aromatic rings. The molecular weight excluding hydrogens is 364 g/mol. The Morgan fingerprint density at radius 3 is 1.96 bits per heavy atom. The summed E-state index contributed by atoms with van der Waals surface area (Å²) in [7, 11) is 0. The van der Waals surface area contributed by atoms with Gasteiger partial charge in [0, 0.05) is 11.7 Å². The van der Waals surface area contributed by atoms with Gasteiger partial charge in [-0.1, -0.05) is 58.3 Å². The fourth-order valence-corrected chi connectivity index (χ4v) is 2.94. The maximum absolute atomic E-state index is 11.2. The van der Waals surface area contributed by atoms with Crippen LogP contribution < -0.4 is 64.4 Å². The van der Waals surface area contributed by atoms with Crippen LogP contribution >= 0.6 is 0 Å². The van der Waals surface area contributed by atoms with E-state index in [1.807, 2.05) is 0 Å². The van der Waals surface area contributed by atoms with Crippen LogP contribution in [0.5, 0.6) is 0 Å². The van der Waals surface area contributed by atoms with Crippen LogP contribution in [0.1, 0.15) is 95.2 Å². The van der Waals surface area contributed by atoms with Gasteiger partial charge < -0.3 is 18.4 Å². The average Bonchev–Trinajstić information content (AvgIpc) is 2.57. The molecule has 0 heterocycles. The molecule has 0 fully saturated rings. The summed E-state index contributed by atoms with van der Waals surface area (Å²) >= 11 is 0.